The predicted molar refractivity (Wildman–Crippen MR) is 270 cm³/mol. The van der Waals surface area contributed by atoms with Crippen molar-refractivity contribution in [1.29, 1.82) is 0 Å². The van der Waals surface area contributed by atoms with E-state index in [-0.39, 0.29) is 19.1 Å². The number of rotatable bonds is 50. The van der Waals surface area contributed by atoms with Crippen LogP contribution in [0.3, 0.4) is 0 Å². The molecule has 63 heavy (non-hydrogen) atoms. The Morgan fingerprint density at radius 3 is 1.29 bits per heavy atom. The summed E-state index contributed by atoms with van der Waals surface area (Å²) in [5.41, 5.74) is 0. The number of likely N-dealkylation sites (N-methyl/N-ethyl adjacent to an activating group) is 1. The lowest BCUT2D eigenvalue weighted by atomic mass is 10.0. The van der Waals surface area contributed by atoms with Crippen LogP contribution in [-0.4, -0.2) is 68.5 Å². The monoisotopic (exact) mass is 911 g/mol. The van der Waals surface area contributed by atoms with Crippen molar-refractivity contribution in [2.75, 3.05) is 40.9 Å². The first-order valence-electron chi connectivity index (χ1n) is 27.2. The first-order valence-corrected chi connectivity index (χ1v) is 28.7. The Morgan fingerprint density at radius 2 is 0.889 bits per heavy atom. The molecule has 9 heteroatoms. The molecule has 3 unspecified atom stereocenters. The summed E-state index contributed by atoms with van der Waals surface area (Å²) in [6.07, 6.45) is 57.0. The van der Waals surface area contributed by atoms with Gasteiger partial charge in [0.25, 0.3) is 7.82 Å². The summed E-state index contributed by atoms with van der Waals surface area (Å²) in [7, 11) is 1.25. The summed E-state index contributed by atoms with van der Waals surface area (Å²) in [6.45, 7) is 4.63. The number of phosphoric ester groups is 1. The Bertz CT molecular complexity index is 1080. The minimum atomic E-state index is -4.59. The Hall–Kier alpha value is -1.02. The third-order valence-corrected chi connectivity index (χ3v) is 13.4. The fourth-order valence-electron chi connectivity index (χ4n) is 8.11. The molecule has 0 aromatic rings. The van der Waals surface area contributed by atoms with Crippen molar-refractivity contribution < 1.29 is 32.9 Å². The number of aliphatic hydroxyl groups excluding tert-OH is 1. The van der Waals surface area contributed by atoms with Crippen molar-refractivity contribution in [2.24, 2.45) is 0 Å². The summed E-state index contributed by atoms with van der Waals surface area (Å²) >= 11 is 0. The molecule has 1 amide bonds. The first kappa shape index (κ1) is 62.0. The van der Waals surface area contributed by atoms with Gasteiger partial charge in [-0.1, -0.05) is 250 Å². The highest BCUT2D eigenvalue weighted by Crippen LogP contribution is 2.38. The number of phosphoric acid groups is 1. The predicted octanol–water partition coefficient (Wildman–Crippen LogP) is 15.4. The van der Waals surface area contributed by atoms with Crippen molar-refractivity contribution in [2.45, 2.75) is 276 Å². The zero-order valence-electron chi connectivity index (χ0n) is 42.5. The SMILES string of the molecule is CCCCCCCC/C=C/CC/C=C/C(O)C(COP(=O)([O-])OCC[N+](C)(C)C)NC(=O)CCCCCCCCCCCCCCCCCCCCCCCCCCCCCCC. The number of quaternary nitrogens is 1. The third-order valence-electron chi connectivity index (χ3n) is 12.4. The summed E-state index contributed by atoms with van der Waals surface area (Å²) in [4.78, 5) is 25.4. The highest BCUT2D eigenvalue weighted by Gasteiger charge is 2.23. The highest BCUT2D eigenvalue weighted by atomic mass is 31.2. The van der Waals surface area contributed by atoms with Gasteiger partial charge in [-0.2, -0.15) is 0 Å². The maximum atomic E-state index is 12.9. The number of allylic oxidation sites excluding steroid dienone is 3. The van der Waals surface area contributed by atoms with Gasteiger partial charge in [-0.25, -0.2) is 0 Å². The standard InChI is InChI=1S/C54H107N2O6P/c1-6-8-10-12-14-16-18-20-21-22-23-24-25-26-27-28-29-30-31-32-33-34-35-36-38-40-42-44-46-48-54(58)55-52(51-62-63(59,60)61-50-49-56(3,4)5)53(57)47-45-43-41-39-37-19-17-15-13-11-9-7-2/h37,39,45,47,52-53,57H,6-36,38,40-44,46,48-51H2,1-5H3,(H-,55,58,59,60)/b39-37+,47-45+. The van der Waals surface area contributed by atoms with Crippen LogP contribution in [0.5, 0.6) is 0 Å². The van der Waals surface area contributed by atoms with Crippen molar-refractivity contribution in [3.8, 4) is 0 Å². The van der Waals surface area contributed by atoms with Gasteiger partial charge in [0.05, 0.1) is 39.9 Å². The van der Waals surface area contributed by atoms with Crippen molar-refractivity contribution in [3.63, 3.8) is 0 Å². The lowest BCUT2D eigenvalue weighted by Crippen LogP contribution is -2.45. The molecule has 0 aliphatic heterocycles. The van der Waals surface area contributed by atoms with E-state index < -0.39 is 20.0 Å². The van der Waals surface area contributed by atoms with Gasteiger partial charge in [-0.05, 0) is 32.1 Å². The summed E-state index contributed by atoms with van der Waals surface area (Å²) in [5, 5.41) is 13.8. The van der Waals surface area contributed by atoms with E-state index in [4.69, 9.17) is 9.05 Å². The lowest BCUT2D eigenvalue weighted by Gasteiger charge is -2.29. The minimum Gasteiger partial charge on any atom is -0.756 e. The third kappa shape index (κ3) is 48.7. The van der Waals surface area contributed by atoms with Gasteiger partial charge in [0.2, 0.25) is 5.91 Å². The van der Waals surface area contributed by atoms with E-state index in [1.54, 1.807) is 6.08 Å². The molecule has 8 nitrogen and oxygen atoms in total. The van der Waals surface area contributed by atoms with Crippen LogP contribution in [0.1, 0.15) is 264 Å². The molecular formula is C54H107N2O6P. The molecule has 0 aliphatic rings. The Labute approximate surface area is 392 Å². The van der Waals surface area contributed by atoms with Crippen molar-refractivity contribution in [3.05, 3.63) is 24.3 Å². The molecule has 0 spiro atoms. The maximum Gasteiger partial charge on any atom is 0.268 e. The van der Waals surface area contributed by atoms with Crippen LogP contribution in [0.2, 0.25) is 0 Å². The van der Waals surface area contributed by atoms with Gasteiger partial charge >= 0.3 is 0 Å². The number of aliphatic hydroxyl groups is 1. The zero-order chi connectivity index (χ0) is 46.4. The molecule has 0 saturated carbocycles. The van der Waals surface area contributed by atoms with Gasteiger partial charge in [0.1, 0.15) is 13.2 Å². The molecule has 0 fully saturated rings. The number of unbranched alkanes of at least 4 members (excludes halogenated alkanes) is 35. The van der Waals surface area contributed by atoms with Crippen LogP contribution in [-0.2, 0) is 18.4 Å². The van der Waals surface area contributed by atoms with Crippen LogP contribution in [0.25, 0.3) is 0 Å². The molecule has 0 aromatic heterocycles. The largest absolute Gasteiger partial charge is 0.756 e. The summed E-state index contributed by atoms with van der Waals surface area (Å²) in [6, 6.07) is -0.898. The van der Waals surface area contributed by atoms with E-state index in [0.29, 0.717) is 17.4 Å². The Kier molecular flexibility index (Phi) is 45.4. The van der Waals surface area contributed by atoms with E-state index in [1.165, 1.54) is 205 Å². The number of nitrogens with zero attached hydrogens (tertiary/aromatic N) is 1. The average Bonchev–Trinajstić information content (AvgIpc) is 3.24. The van der Waals surface area contributed by atoms with Gasteiger partial charge in [0, 0.05) is 6.42 Å². The van der Waals surface area contributed by atoms with Gasteiger partial charge < -0.3 is 28.8 Å². The van der Waals surface area contributed by atoms with E-state index in [1.807, 2.05) is 27.2 Å². The second-order valence-corrected chi connectivity index (χ2v) is 21.3. The molecule has 0 rings (SSSR count). The van der Waals surface area contributed by atoms with Gasteiger partial charge in [0.15, 0.2) is 0 Å². The second-order valence-electron chi connectivity index (χ2n) is 19.9. The number of carbonyl (C=O) groups excluding carboxylic acids is 1. The summed E-state index contributed by atoms with van der Waals surface area (Å²) in [5.74, 6) is -0.203. The molecule has 374 valence electrons. The normalized spacial score (nSPS) is 14.2. The molecule has 0 radical (unpaired) electrons. The molecule has 0 aromatic carbocycles. The Morgan fingerprint density at radius 1 is 0.540 bits per heavy atom. The summed E-state index contributed by atoms with van der Waals surface area (Å²) < 4.78 is 23.2. The Balaban J connectivity index is 4.05. The smallest absolute Gasteiger partial charge is 0.268 e. The van der Waals surface area contributed by atoms with Crippen LogP contribution in [0, 0.1) is 0 Å². The first-order chi connectivity index (χ1) is 30.5. The van der Waals surface area contributed by atoms with E-state index in [2.05, 4.69) is 31.3 Å². The van der Waals surface area contributed by atoms with Gasteiger partial charge in [-0.15, -0.1) is 0 Å². The molecular weight excluding hydrogens is 804 g/mol. The zero-order valence-corrected chi connectivity index (χ0v) is 43.4. The minimum absolute atomic E-state index is 0.00416. The van der Waals surface area contributed by atoms with Crippen molar-refractivity contribution >= 4 is 13.7 Å². The van der Waals surface area contributed by atoms with Crippen molar-refractivity contribution in [1.82, 2.24) is 5.32 Å². The fourth-order valence-corrected chi connectivity index (χ4v) is 8.84. The molecule has 0 saturated heterocycles. The van der Waals surface area contributed by atoms with Crippen LogP contribution in [0.15, 0.2) is 24.3 Å². The molecule has 0 aliphatic carbocycles. The number of amides is 1. The van der Waals surface area contributed by atoms with Crippen LogP contribution >= 0.6 is 7.82 Å². The topological polar surface area (TPSA) is 108 Å². The van der Waals surface area contributed by atoms with Gasteiger partial charge in [-0.3, -0.25) is 9.36 Å². The fraction of sp³-hybridized carbons (Fsp3) is 0.907. The quantitative estimate of drug-likeness (QED) is 0.0272. The molecule has 0 heterocycles. The highest BCUT2D eigenvalue weighted by molar-refractivity contribution is 7.45. The van der Waals surface area contributed by atoms with E-state index in [0.717, 1.165) is 38.5 Å². The molecule has 3 atom stereocenters. The second kappa shape index (κ2) is 46.1. The average molecular weight is 911 g/mol. The number of nitrogens with one attached hydrogen (secondary N) is 1. The van der Waals surface area contributed by atoms with Crippen LogP contribution < -0.4 is 10.2 Å². The van der Waals surface area contributed by atoms with E-state index >= 15 is 0 Å². The number of hydrogen-bond acceptors (Lipinski definition) is 6. The number of carbonyl (C=O) groups is 1. The molecule has 2 N–H and O–H groups in total. The van der Waals surface area contributed by atoms with Crippen LogP contribution in [0.4, 0.5) is 0 Å². The maximum absolute atomic E-state index is 12.9. The molecule has 0 bridgehead atoms. The van der Waals surface area contributed by atoms with E-state index in [9.17, 15) is 19.4 Å². The lowest BCUT2D eigenvalue weighted by molar-refractivity contribution is -0.870. The number of hydrogen-bond donors (Lipinski definition) is 2.